The van der Waals surface area contributed by atoms with Crippen molar-refractivity contribution in [3.8, 4) is 11.5 Å². The van der Waals surface area contributed by atoms with Gasteiger partial charge in [-0.05, 0) is 47.2 Å². The number of benzene rings is 2. The second kappa shape index (κ2) is 9.40. The van der Waals surface area contributed by atoms with Gasteiger partial charge >= 0.3 is 0 Å². The minimum absolute atomic E-state index is 0.0788. The van der Waals surface area contributed by atoms with E-state index in [9.17, 15) is 13.2 Å². The molecule has 174 valence electrons. The van der Waals surface area contributed by atoms with Crippen LogP contribution < -0.4 is 19.1 Å². The van der Waals surface area contributed by atoms with Crippen LogP contribution in [0.2, 0.25) is 0 Å². The molecule has 7 nitrogen and oxygen atoms in total. The maximum atomic E-state index is 12.7. The minimum Gasteiger partial charge on any atom is -0.492 e. The summed E-state index contributed by atoms with van der Waals surface area (Å²) >= 11 is 0. The van der Waals surface area contributed by atoms with E-state index in [1.54, 1.807) is 6.07 Å². The maximum absolute atomic E-state index is 12.7. The quantitative estimate of drug-likeness (QED) is 0.641. The Morgan fingerprint density at radius 1 is 1.19 bits per heavy atom. The van der Waals surface area contributed by atoms with E-state index in [1.807, 2.05) is 36.4 Å². The lowest BCUT2D eigenvalue weighted by molar-refractivity contribution is -0.127. The molecule has 0 spiro atoms. The van der Waals surface area contributed by atoms with Crippen molar-refractivity contribution in [2.75, 3.05) is 30.3 Å². The Labute approximate surface area is 190 Å². The molecule has 8 heteroatoms. The number of rotatable bonds is 7. The van der Waals surface area contributed by atoms with E-state index in [4.69, 9.17) is 9.47 Å². The molecule has 1 atom stereocenters. The molecule has 1 aliphatic rings. The van der Waals surface area contributed by atoms with Crippen molar-refractivity contribution < 1.29 is 22.7 Å². The highest BCUT2D eigenvalue weighted by atomic mass is 32.2. The second-order valence-corrected chi connectivity index (χ2v) is 10.9. The molecule has 1 amide bonds. The summed E-state index contributed by atoms with van der Waals surface area (Å²) in [5.41, 5.74) is 2.53. The number of fused-ring (bicyclic) bond motifs is 1. The van der Waals surface area contributed by atoms with Crippen molar-refractivity contribution in [2.24, 2.45) is 0 Å². The van der Waals surface area contributed by atoms with Gasteiger partial charge in [0.1, 0.15) is 18.1 Å². The van der Waals surface area contributed by atoms with Crippen LogP contribution in [0, 0.1) is 0 Å². The lowest BCUT2D eigenvalue weighted by atomic mass is 9.86. The van der Waals surface area contributed by atoms with Gasteiger partial charge in [-0.25, -0.2) is 8.42 Å². The molecule has 0 bridgehead atoms. The van der Waals surface area contributed by atoms with Crippen molar-refractivity contribution in [3.05, 3.63) is 53.6 Å². The molecule has 0 saturated heterocycles. The zero-order valence-corrected chi connectivity index (χ0v) is 20.2. The van der Waals surface area contributed by atoms with Crippen LogP contribution in [0.1, 0.15) is 38.8 Å². The highest BCUT2D eigenvalue weighted by Gasteiger charge is 2.35. The molecule has 0 unspecified atom stereocenters. The molecule has 0 radical (unpaired) electrons. The molecule has 0 fully saturated rings. The number of hydrogen-bond acceptors (Lipinski definition) is 5. The molecular formula is C24H32N2O5S. The topological polar surface area (TPSA) is 84.9 Å². The number of carbonyl (C=O) groups excluding carboxylic acids is 1. The molecule has 2 aromatic rings. The summed E-state index contributed by atoms with van der Waals surface area (Å²) in [6, 6.07) is 13.3. The number of amides is 1. The molecule has 0 aromatic heterocycles. The Kier molecular flexibility index (Phi) is 7.03. The van der Waals surface area contributed by atoms with E-state index in [0.29, 0.717) is 18.0 Å². The van der Waals surface area contributed by atoms with Gasteiger partial charge < -0.3 is 14.8 Å². The fourth-order valence-electron chi connectivity index (χ4n) is 3.45. The van der Waals surface area contributed by atoms with E-state index >= 15 is 0 Å². The van der Waals surface area contributed by atoms with Gasteiger partial charge in [-0.2, -0.15) is 0 Å². The lowest BCUT2D eigenvalue weighted by Gasteiger charge is -2.35. The molecule has 2 aromatic carbocycles. The molecule has 0 aliphatic carbocycles. The first-order chi connectivity index (χ1) is 15.0. The summed E-state index contributed by atoms with van der Waals surface area (Å²) in [7, 11) is -3.59. The fraction of sp³-hybridized carbons (Fsp3) is 0.458. The smallest absolute Gasteiger partial charge is 0.263 e. The molecule has 32 heavy (non-hydrogen) atoms. The van der Waals surface area contributed by atoms with Gasteiger partial charge in [-0.3, -0.25) is 9.10 Å². The number of hydrogen-bond donors (Lipinski definition) is 1. The van der Waals surface area contributed by atoms with E-state index < -0.39 is 16.1 Å². The van der Waals surface area contributed by atoms with E-state index in [0.717, 1.165) is 24.0 Å². The Morgan fingerprint density at radius 3 is 2.47 bits per heavy atom. The molecule has 1 heterocycles. The van der Waals surface area contributed by atoms with Crippen LogP contribution >= 0.6 is 0 Å². The predicted octanol–water partition coefficient (Wildman–Crippen LogP) is 3.27. The first-order valence-electron chi connectivity index (χ1n) is 10.8. The van der Waals surface area contributed by atoms with Crippen molar-refractivity contribution in [1.29, 1.82) is 0 Å². The standard InChI is InChI=1S/C24H32N2O5S/c1-6-17-7-10-19(11-8-17)30-14-13-25-23(27)22-16-26(32(5,28)29)20-15-18(24(2,3)4)9-12-21(20)31-22/h7-12,15,22H,6,13-14,16H2,1-5H3,(H,25,27)/t22-/m0/s1. The number of ether oxygens (including phenoxy) is 2. The molecule has 3 rings (SSSR count). The molecule has 1 aliphatic heterocycles. The van der Waals surface area contributed by atoms with Gasteiger partial charge in [0.25, 0.3) is 5.91 Å². The van der Waals surface area contributed by atoms with Crippen LogP contribution in [0.25, 0.3) is 0 Å². The van der Waals surface area contributed by atoms with Crippen molar-refractivity contribution in [1.82, 2.24) is 5.32 Å². The number of sulfonamides is 1. The van der Waals surface area contributed by atoms with Crippen molar-refractivity contribution in [3.63, 3.8) is 0 Å². The third kappa shape index (κ3) is 5.73. The van der Waals surface area contributed by atoms with Gasteiger partial charge in [-0.15, -0.1) is 0 Å². The Hall–Kier alpha value is -2.74. The first kappa shape index (κ1) is 23.9. The monoisotopic (exact) mass is 460 g/mol. The average Bonchev–Trinajstić information content (AvgIpc) is 2.74. The number of nitrogens with one attached hydrogen (secondary N) is 1. The van der Waals surface area contributed by atoms with E-state index in [1.165, 1.54) is 9.87 Å². The summed E-state index contributed by atoms with van der Waals surface area (Å²) in [5.74, 6) is 0.730. The number of nitrogens with zero attached hydrogens (tertiary/aromatic N) is 1. The average molecular weight is 461 g/mol. The summed E-state index contributed by atoms with van der Waals surface area (Å²) < 4.78 is 37.7. The molecule has 0 saturated carbocycles. The fourth-order valence-corrected chi connectivity index (χ4v) is 4.35. The largest absolute Gasteiger partial charge is 0.492 e. The number of anilines is 1. The summed E-state index contributed by atoms with van der Waals surface area (Å²) in [6.45, 7) is 8.75. The molecular weight excluding hydrogens is 428 g/mol. The van der Waals surface area contributed by atoms with E-state index in [-0.39, 0.29) is 24.4 Å². The van der Waals surface area contributed by atoms with Gasteiger partial charge in [0.15, 0.2) is 6.10 Å². The third-order valence-corrected chi connectivity index (χ3v) is 6.54. The second-order valence-electron chi connectivity index (χ2n) is 8.97. The molecule has 1 N–H and O–H groups in total. The highest BCUT2D eigenvalue weighted by Crippen LogP contribution is 2.38. The minimum atomic E-state index is -3.59. The van der Waals surface area contributed by atoms with Crippen molar-refractivity contribution >= 4 is 21.6 Å². The lowest BCUT2D eigenvalue weighted by Crippen LogP contribution is -2.51. The summed E-state index contributed by atoms with van der Waals surface area (Å²) in [5, 5.41) is 2.77. The summed E-state index contributed by atoms with van der Waals surface area (Å²) in [4.78, 5) is 12.7. The van der Waals surface area contributed by atoms with Gasteiger partial charge in [0.05, 0.1) is 25.0 Å². The SMILES string of the molecule is CCc1ccc(OCCNC(=O)[C@@H]2CN(S(C)(=O)=O)c3cc(C(C)(C)C)ccc3O2)cc1. The Balaban J connectivity index is 1.65. The van der Waals surface area contributed by atoms with Crippen LogP contribution in [0.5, 0.6) is 11.5 Å². The van der Waals surface area contributed by atoms with Crippen LogP contribution in [0.15, 0.2) is 42.5 Å². The predicted molar refractivity (Wildman–Crippen MR) is 126 cm³/mol. The van der Waals surface area contributed by atoms with Gasteiger partial charge in [0, 0.05) is 0 Å². The van der Waals surface area contributed by atoms with Gasteiger partial charge in [-0.1, -0.05) is 45.9 Å². The van der Waals surface area contributed by atoms with E-state index in [2.05, 4.69) is 33.0 Å². The van der Waals surface area contributed by atoms with Crippen LogP contribution in [0.3, 0.4) is 0 Å². The number of aryl methyl sites for hydroxylation is 1. The normalized spacial score (nSPS) is 16.2. The Morgan fingerprint density at radius 2 is 1.88 bits per heavy atom. The third-order valence-electron chi connectivity index (χ3n) is 5.39. The Bertz CT molecular complexity index is 1060. The van der Waals surface area contributed by atoms with Crippen LogP contribution in [-0.4, -0.2) is 46.4 Å². The van der Waals surface area contributed by atoms with Crippen LogP contribution in [0.4, 0.5) is 5.69 Å². The van der Waals surface area contributed by atoms with Crippen LogP contribution in [-0.2, 0) is 26.7 Å². The van der Waals surface area contributed by atoms with Gasteiger partial charge in [0.2, 0.25) is 10.0 Å². The maximum Gasteiger partial charge on any atom is 0.263 e. The number of carbonyl (C=O) groups is 1. The first-order valence-corrected chi connectivity index (χ1v) is 12.6. The summed E-state index contributed by atoms with van der Waals surface area (Å²) in [6.07, 6.45) is 1.16. The van der Waals surface area contributed by atoms with Crippen molar-refractivity contribution in [2.45, 2.75) is 45.6 Å². The zero-order chi connectivity index (χ0) is 23.5. The highest BCUT2D eigenvalue weighted by molar-refractivity contribution is 7.92. The zero-order valence-electron chi connectivity index (χ0n) is 19.3.